The van der Waals surface area contributed by atoms with Gasteiger partial charge in [-0.05, 0) is 23.8 Å². The van der Waals surface area contributed by atoms with Crippen LogP contribution in [0.1, 0.15) is 11.1 Å². The summed E-state index contributed by atoms with van der Waals surface area (Å²) in [6, 6.07) is 13.5. The third kappa shape index (κ3) is 3.48. The molecule has 3 aromatic rings. The topological polar surface area (TPSA) is 55.3 Å². The van der Waals surface area contributed by atoms with E-state index in [1.807, 2.05) is 42.5 Å². The van der Waals surface area contributed by atoms with E-state index in [9.17, 15) is 4.79 Å². The van der Waals surface area contributed by atoms with E-state index >= 15 is 0 Å². The third-order valence-electron chi connectivity index (χ3n) is 3.70. The van der Waals surface area contributed by atoms with Gasteiger partial charge in [0.15, 0.2) is 0 Å². The van der Waals surface area contributed by atoms with Crippen LogP contribution in [0.3, 0.4) is 0 Å². The minimum absolute atomic E-state index is 0.0472. The minimum atomic E-state index is 0.0472. The second-order valence-electron chi connectivity index (χ2n) is 5.33. The quantitative estimate of drug-likeness (QED) is 0.723. The first-order valence-electron chi connectivity index (χ1n) is 7.24. The van der Waals surface area contributed by atoms with Gasteiger partial charge in [-0.2, -0.15) is 8.75 Å². The highest BCUT2D eigenvalue weighted by Gasteiger charge is 2.13. The third-order valence-corrected chi connectivity index (χ3v) is 4.25. The second-order valence-corrected chi connectivity index (χ2v) is 5.85. The lowest BCUT2D eigenvalue weighted by atomic mass is 10.1. The van der Waals surface area contributed by atoms with Crippen molar-refractivity contribution < 1.29 is 9.53 Å². The molecule has 6 heteroatoms. The van der Waals surface area contributed by atoms with Gasteiger partial charge in [-0.1, -0.05) is 24.3 Å². The molecule has 0 N–H and O–H groups in total. The monoisotopic (exact) mass is 327 g/mol. The van der Waals surface area contributed by atoms with E-state index in [1.165, 1.54) is 11.7 Å². The molecule has 0 fully saturated rings. The molecule has 1 aromatic heterocycles. The van der Waals surface area contributed by atoms with Crippen LogP contribution in [0.25, 0.3) is 11.0 Å². The Hall–Kier alpha value is -2.47. The number of likely N-dealkylation sites (N-methyl/N-ethyl adjacent to an activating group) is 1. The molecular formula is C17H17N3O2S. The molecule has 0 aliphatic heterocycles. The number of rotatable bonds is 5. The van der Waals surface area contributed by atoms with Crippen molar-refractivity contribution in [3.05, 3.63) is 53.6 Å². The zero-order chi connectivity index (χ0) is 16.2. The van der Waals surface area contributed by atoms with E-state index in [-0.39, 0.29) is 5.91 Å². The standard InChI is InChI=1S/C17H17N3O2S/c1-20(11-12-7-8-14-15(9-12)19-23-18-14)17(21)10-13-5-3-4-6-16(13)22-2/h3-9H,10-11H2,1-2H3. The summed E-state index contributed by atoms with van der Waals surface area (Å²) >= 11 is 1.20. The SMILES string of the molecule is COc1ccccc1CC(=O)N(C)Cc1ccc2nsnc2c1. The number of nitrogens with zero attached hydrogens (tertiary/aromatic N) is 3. The van der Waals surface area contributed by atoms with Crippen LogP contribution in [0, 0.1) is 0 Å². The Labute approximate surface area is 138 Å². The van der Waals surface area contributed by atoms with Crippen LogP contribution in [0.15, 0.2) is 42.5 Å². The fraction of sp³-hybridized carbons (Fsp3) is 0.235. The van der Waals surface area contributed by atoms with Gasteiger partial charge < -0.3 is 9.64 Å². The molecule has 0 saturated carbocycles. The average Bonchev–Trinajstić information content (AvgIpc) is 3.03. The van der Waals surface area contributed by atoms with Gasteiger partial charge in [0, 0.05) is 19.2 Å². The summed E-state index contributed by atoms with van der Waals surface area (Å²) < 4.78 is 13.7. The fourth-order valence-electron chi connectivity index (χ4n) is 2.43. The van der Waals surface area contributed by atoms with Gasteiger partial charge in [0.05, 0.1) is 25.3 Å². The van der Waals surface area contributed by atoms with Crippen LogP contribution in [0.4, 0.5) is 0 Å². The Morgan fingerprint density at radius 3 is 2.78 bits per heavy atom. The number of ether oxygens (including phenoxy) is 1. The highest BCUT2D eigenvalue weighted by Crippen LogP contribution is 2.19. The number of methoxy groups -OCH3 is 1. The normalized spacial score (nSPS) is 10.7. The molecule has 0 aliphatic rings. The zero-order valence-electron chi connectivity index (χ0n) is 13.0. The summed E-state index contributed by atoms with van der Waals surface area (Å²) in [4.78, 5) is 14.2. The highest BCUT2D eigenvalue weighted by molar-refractivity contribution is 7.00. The number of hydrogen-bond acceptors (Lipinski definition) is 5. The number of para-hydroxylation sites is 1. The van der Waals surface area contributed by atoms with Gasteiger partial charge in [0.1, 0.15) is 16.8 Å². The summed E-state index contributed by atoms with van der Waals surface area (Å²) in [5, 5.41) is 0. The van der Waals surface area contributed by atoms with Crippen molar-refractivity contribution in [2.24, 2.45) is 0 Å². The van der Waals surface area contributed by atoms with Crippen LogP contribution in [0.2, 0.25) is 0 Å². The summed E-state index contributed by atoms with van der Waals surface area (Å²) in [5.74, 6) is 0.787. The Balaban J connectivity index is 1.69. The first kappa shape index (κ1) is 15.4. The predicted octanol–water partition coefficient (Wildman–Crippen LogP) is 2.90. The van der Waals surface area contributed by atoms with Crippen molar-refractivity contribution in [1.29, 1.82) is 0 Å². The molecule has 0 unspecified atom stereocenters. The molecule has 0 atom stereocenters. The van der Waals surface area contributed by atoms with Crippen molar-refractivity contribution in [2.45, 2.75) is 13.0 Å². The molecule has 0 radical (unpaired) electrons. The molecule has 0 bridgehead atoms. The highest BCUT2D eigenvalue weighted by atomic mass is 32.1. The number of hydrogen-bond donors (Lipinski definition) is 0. The van der Waals surface area contributed by atoms with Crippen molar-refractivity contribution >= 4 is 28.7 Å². The summed E-state index contributed by atoms with van der Waals surface area (Å²) in [7, 11) is 3.42. The number of carbonyl (C=O) groups is 1. The van der Waals surface area contributed by atoms with E-state index in [1.54, 1.807) is 19.1 Å². The first-order chi connectivity index (χ1) is 11.2. The smallest absolute Gasteiger partial charge is 0.227 e. The lowest BCUT2D eigenvalue weighted by Gasteiger charge is -2.18. The van der Waals surface area contributed by atoms with E-state index in [0.29, 0.717) is 13.0 Å². The number of fused-ring (bicyclic) bond motifs is 1. The van der Waals surface area contributed by atoms with Gasteiger partial charge >= 0.3 is 0 Å². The summed E-state index contributed by atoms with van der Waals surface area (Å²) in [5.41, 5.74) is 3.70. The predicted molar refractivity (Wildman–Crippen MR) is 90.6 cm³/mol. The van der Waals surface area contributed by atoms with E-state index in [2.05, 4.69) is 8.75 Å². The van der Waals surface area contributed by atoms with Crippen LogP contribution >= 0.6 is 11.7 Å². The van der Waals surface area contributed by atoms with Crippen LogP contribution in [-0.4, -0.2) is 33.7 Å². The van der Waals surface area contributed by atoms with Crippen molar-refractivity contribution in [3.8, 4) is 5.75 Å². The lowest BCUT2D eigenvalue weighted by molar-refractivity contribution is -0.129. The molecule has 23 heavy (non-hydrogen) atoms. The number of carbonyl (C=O) groups excluding carboxylic acids is 1. The van der Waals surface area contributed by atoms with E-state index in [0.717, 1.165) is 27.9 Å². The van der Waals surface area contributed by atoms with Gasteiger partial charge in [-0.15, -0.1) is 0 Å². The van der Waals surface area contributed by atoms with Crippen LogP contribution < -0.4 is 4.74 Å². The van der Waals surface area contributed by atoms with Gasteiger partial charge in [0.25, 0.3) is 0 Å². The Morgan fingerprint density at radius 1 is 1.17 bits per heavy atom. The van der Waals surface area contributed by atoms with Crippen molar-refractivity contribution in [3.63, 3.8) is 0 Å². The van der Waals surface area contributed by atoms with Crippen molar-refractivity contribution in [1.82, 2.24) is 13.6 Å². The van der Waals surface area contributed by atoms with Gasteiger partial charge in [0.2, 0.25) is 5.91 Å². The number of amides is 1. The Bertz CT molecular complexity index is 831. The molecule has 0 aliphatic carbocycles. The zero-order valence-corrected chi connectivity index (χ0v) is 13.8. The lowest BCUT2D eigenvalue weighted by Crippen LogP contribution is -2.27. The molecule has 0 spiro atoms. The van der Waals surface area contributed by atoms with Gasteiger partial charge in [-0.3, -0.25) is 4.79 Å². The maximum absolute atomic E-state index is 12.4. The van der Waals surface area contributed by atoms with Crippen molar-refractivity contribution in [2.75, 3.05) is 14.2 Å². The average molecular weight is 327 g/mol. The van der Waals surface area contributed by atoms with Crippen LogP contribution in [0.5, 0.6) is 5.75 Å². The minimum Gasteiger partial charge on any atom is -0.496 e. The molecule has 1 heterocycles. The molecule has 118 valence electrons. The molecule has 3 rings (SSSR count). The van der Waals surface area contributed by atoms with E-state index in [4.69, 9.17) is 4.74 Å². The Morgan fingerprint density at radius 2 is 1.96 bits per heavy atom. The maximum Gasteiger partial charge on any atom is 0.227 e. The fourth-order valence-corrected chi connectivity index (χ4v) is 2.95. The molecule has 0 saturated heterocycles. The summed E-state index contributed by atoms with van der Waals surface area (Å²) in [6.07, 6.45) is 0.320. The largest absolute Gasteiger partial charge is 0.496 e. The Kier molecular flexibility index (Phi) is 4.52. The first-order valence-corrected chi connectivity index (χ1v) is 7.97. The molecule has 5 nitrogen and oxygen atoms in total. The number of benzene rings is 2. The number of aromatic nitrogens is 2. The summed E-state index contributed by atoms with van der Waals surface area (Å²) in [6.45, 7) is 0.543. The second kappa shape index (κ2) is 6.75. The maximum atomic E-state index is 12.4. The van der Waals surface area contributed by atoms with Crippen LogP contribution in [-0.2, 0) is 17.8 Å². The molecule has 2 aromatic carbocycles. The molecular weight excluding hydrogens is 310 g/mol. The molecule has 1 amide bonds. The van der Waals surface area contributed by atoms with E-state index < -0.39 is 0 Å². The van der Waals surface area contributed by atoms with Gasteiger partial charge in [-0.25, -0.2) is 0 Å².